The zero-order chi connectivity index (χ0) is 11.8. The fourth-order valence-electron chi connectivity index (χ4n) is 1.65. The Morgan fingerprint density at radius 3 is 2.62 bits per heavy atom. The lowest BCUT2D eigenvalue weighted by atomic mass is 10.0. The molecule has 1 N–H and O–H groups in total. The number of hydrogen-bond acceptors (Lipinski definition) is 2. The standard InChI is InChI=1S/C14H22O2/c1-3-5-9-13(15)12-8-6-7-10-14(12)16-11-4-2/h6-8,10,13,15H,3-5,9,11H2,1-2H3. The molecule has 0 radical (unpaired) electrons. The Hall–Kier alpha value is -1.02. The van der Waals surface area contributed by atoms with Crippen molar-refractivity contribution in [1.29, 1.82) is 0 Å². The van der Waals surface area contributed by atoms with Gasteiger partial charge in [-0.3, -0.25) is 0 Å². The molecule has 0 amide bonds. The number of hydrogen-bond donors (Lipinski definition) is 1. The van der Waals surface area contributed by atoms with Crippen LogP contribution < -0.4 is 4.74 Å². The summed E-state index contributed by atoms with van der Waals surface area (Å²) in [5.74, 6) is 0.827. The molecule has 0 aliphatic carbocycles. The van der Waals surface area contributed by atoms with E-state index in [1.165, 1.54) is 0 Å². The highest BCUT2D eigenvalue weighted by atomic mass is 16.5. The molecule has 0 bridgehead atoms. The third-order valence-electron chi connectivity index (χ3n) is 2.57. The van der Waals surface area contributed by atoms with Crippen molar-refractivity contribution in [3.05, 3.63) is 29.8 Å². The second-order valence-electron chi connectivity index (χ2n) is 4.04. The molecule has 90 valence electrons. The largest absolute Gasteiger partial charge is 0.493 e. The smallest absolute Gasteiger partial charge is 0.125 e. The first-order chi connectivity index (χ1) is 7.79. The van der Waals surface area contributed by atoms with Crippen molar-refractivity contribution >= 4 is 0 Å². The fraction of sp³-hybridized carbons (Fsp3) is 0.571. The van der Waals surface area contributed by atoms with Crippen molar-refractivity contribution in [1.82, 2.24) is 0 Å². The van der Waals surface area contributed by atoms with E-state index in [9.17, 15) is 5.11 Å². The summed E-state index contributed by atoms with van der Waals surface area (Å²) in [6.45, 7) is 4.92. The Labute approximate surface area is 98.3 Å². The lowest BCUT2D eigenvalue weighted by molar-refractivity contribution is 0.158. The molecule has 2 nitrogen and oxygen atoms in total. The second kappa shape index (κ2) is 7.29. The topological polar surface area (TPSA) is 29.5 Å². The molecule has 1 rings (SSSR count). The first-order valence-corrected chi connectivity index (χ1v) is 6.19. The van der Waals surface area contributed by atoms with E-state index in [0.29, 0.717) is 6.61 Å². The van der Waals surface area contributed by atoms with Crippen LogP contribution in [0.2, 0.25) is 0 Å². The molecule has 0 aliphatic heterocycles. The molecule has 1 aromatic rings. The van der Waals surface area contributed by atoms with Crippen LogP contribution in [0, 0.1) is 0 Å². The number of aliphatic hydroxyl groups is 1. The summed E-state index contributed by atoms with van der Waals surface area (Å²) < 4.78 is 5.63. The van der Waals surface area contributed by atoms with Gasteiger partial charge in [-0.25, -0.2) is 0 Å². The monoisotopic (exact) mass is 222 g/mol. The van der Waals surface area contributed by atoms with Crippen LogP contribution in [0.25, 0.3) is 0 Å². The summed E-state index contributed by atoms with van der Waals surface area (Å²) in [5, 5.41) is 10.1. The average molecular weight is 222 g/mol. The quantitative estimate of drug-likeness (QED) is 0.762. The van der Waals surface area contributed by atoms with Gasteiger partial charge in [0.1, 0.15) is 5.75 Å². The minimum absolute atomic E-state index is 0.395. The van der Waals surface area contributed by atoms with Crippen LogP contribution in [0.5, 0.6) is 5.75 Å². The maximum atomic E-state index is 10.1. The molecule has 2 heteroatoms. The van der Waals surface area contributed by atoms with Crippen LogP contribution in [0.15, 0.2) is 24.3 Å². The average Bonchev–Trinajstić information content (AvgIpc) is 2.33. The highest BCUT2D eigenvalue weighted by Crippen LogP contribution is 2.28. The third-order valence-corrected chi connectivity index (χ3v) is 2.57. The molecular formula is C14H22O2. The summed E-state index contributed by atoms with van der Waals surface area (Å²) in [6.07, 6.45) is 3.55. The highest BCUT2D eigenvalue weighted by Gasteiger charge is 2.12. The first kappa shape index (κ1) is 13.0. The summed E-state index contributed by atoms with van der Waals surface area (Å²) in [5.41, 5.74) is 0.921. The van der Waals surface area contributed by atoms with Crippen LogP contribution in [-0.4, -0.2) is 11.7 Å². The van der Waals surface area contributed by atoms with Gasteiger partial charge >= 0.3 is 0 Å². The SMILES string of the molecule is CCCCC(O)c1ccccc1OCCC. The predicted octanol–water partition coefficient (Wildman–Crippen LogP) is 3.70. The zero-order valence-corrected chi connectivity index (χ0v) is 10.3. The second-order valence-corrected chi connectivity index (χ2v) is 4.04. The van der Waals surface area contributed by atoms with Gasteiger partial charge < -0.3 is 9.84 Å². The molecule has 0 aromatic heterocycles. The maximum absolute atomic E-state index is 10.1. The lowest BCUT2D eigenvalue weighted by Gasteiger charge is -2.15. The molecule has 0 saturated carbocycles. The van der Waals surface area contributed by atoms with Gasteiger partial charge in [-0.05, 0) is 18.9 Å². The number of unbranched alkanes of at least 4 members (excludes halogenated alkanes) is 1. The van der Waals surface area contributed by atoms with Gasteiger partial charge in [0, 0.05) is 5.56 Å². The van der Waals surface area contributed by atoms with Gasteiger partial charge in [0.15, 0.2) is 0 Å². The van der Waals surface area contributed by atoms with Crippen LogP contribution in [0.3, 0.4) is 0 Å². The maximum Gasteiger partial charge on any atom is 0.125 e. The first-order valence-electron chi connectivity index (χ1n) is 6.19. The van der Waals surface area contributed by atoms with E-state index < -0.39 is 6.10 Å². The summed E-state index contributed by atoms with van der Waals surface area (Å²) >= 11 is 0. The molecule has 1 aromatic carbocycles. The van der Waals surface area contributed by atoms with E-state index in [1.807, 2.05) is 24.3 Å². The van der Waals surface area contributed by atoms with Crippen molar-refractivity contribution in [2.24, 2.45) is 0 Å². The van der Waals surface area contributed by atoms with Gasteiger partial charge in [0.25, 0.3) is 0 Å². The van der Waals surface area contributed by atoms with Gasteiger partial charge in [-0.15, -0.1) is 0 Å². The van der Waals surface area contributed by atoms with Gasteiger partial charge in [-0.2, -0.15) is 0 Å². The molecule has 0 fully saturated rings. The van der Waals surface area contributed by atoms with Gasteiger partial charge in [-0.1, -0.05) is 44.9 Å². The van der Waals surface area contributed by atoms with E-state index >= 15 is 0 Å². The molecule has 16 heavy (non-hydrogen) atoms. The molecule has 0 heterocycles. The molecule has 1 atom stereocenters. The molecule has 0 aliphatic rings. The minimum Gasteiger partial charge on any atom is -0.493 e. The van der Waals surface area contributed by atoms with Crippen LogP contribution in [-0.2, 0) is 0 Å². The van der Waals surface area contributed by atoms with Crippen molar-refractivity contribution in [3.8, 4) is 5.75 Å². The number of rotatable bonds is 7. The third kappa shape index (κ3) is 3.86. The minimum atomic E-state index is -0.395. The van der Waals surface area contributed by atoms with Crippen LogP contribution >= 0.6 is 0 Å². The van der Waals surface area contributed by atoms with E-state index in [1.54, 1.807) is 0 Å². The number of benzene rings is 1. The van der Waals surface area contributed by atoms with Crippen molar-refractivity contribution < 1.29 is 9.84 Å². The van der Waals surface area contributed by atoms with Crippen molar-refractivity contribution in [2.75, 3.05) is 6.61 Å². The molecule has 0 saturated heterocycles. The Kier molecular flexibility index (Phi) is 5.94. The fourth-order valence-corrected chi connectivity index (χ4v) is 1.65. The van der Waals surface area contributed by atoms with Crippen LogP contribution in [0.1, 0.15) is 51.2 Å². The van der Waals surface area contributed by atoms with E-state index in [2.05, 4.69) is 13.8 Å². The molecule has 1 unspecified atom stereocenters. The lowest BCUT2D eigenvalue weighted by Crippen LogP contribution is -2.03. The summed E-state index contributed by atoms with van der Waals surface area (Å²) in [4.78, 5) is 0. The molecular weight excluding hydrogens is 200 g/mol. The number of aliphatic hydroxyl groups excluding tert-OH is 1. The van der Waals surface area contributed by atoms with E-state index in [4.69, 9.17) is 4.74 Å². The van der Waals surface area contributed by atoms with Gasteiger partial charge in [0.2, 0.25) is 0 Å². The zero-order valence-electron chi connectivity index (χ0n) is 10.3. The Morgan fingerprint density at radius 2 is 1.94 bits per heavy atom. The predicted molar refractivity (Wildman–Crippen MR) is 66.7 cm³/mol. The van der Waals surface area contributed by atoms with Crippen molar-refractivity contribution in [2.45, 2.75) is 45.6 Å². The Bertz CT molecular complexity index is 297. The van der Waals surface area contributed by atoms with E-state index in [0.717, 1.165) is 37.0 Å². The van der Waals surface area contributed by atoms with Gasteiger partial charge in [0.05, 0.1) is 12.7 Å². The summed E-state index contributed by atoms with van der Waals surface area (Å²) in [6, 6.07) is 7.77. The molecule has 0 spiro atoms. The van der Waals surface area contributed by atoms with Crippen LogP contribution in [0.4, 0.5) is 0 Å². The number of ether oxygens (including phenoxy) is 1. The van der Waals surface area contributed by atoms with Crippen molar-refractivity contribution in [3.63, 3.8) is 0 Å². The van der Waals surface area contributed by atoms with E-state index in [-0.39, 0.29) is 0 Å². The summed E-state index contributed by atoms with van der Waals surface area (Å²) in [7, 11) is 0. The number of para-hydroxylation sites is 1. The highest BCUT2D eigenvalue weighted by molar-refractivity contribution is 5.35. The Balaban J connectivity index is 2.68. The Morgan fingerprint density at radius 1 is 1.19 bits per heavy atom. The normalized spacial score (nSPS) is 12.4.